The molecular weight excluding hydrogens is 213 g/mol. The van der Waals surface area contributed by atoms with Gasteiger partial charge in [-0.1, -0.05) is 6.92 Å². The third-order valence-corrected chi connectivity index (χ3v) is 3.74. The Morgan fingerprint density at radius 1 is 1.64 bits per heavy atom. The summed E-state index contributed by atoms with van der Waals surface area (Å²) in [6, 6.07) is 1.97. The second-order valence-electron chi connectivity index (χ2n) is 3.47. The Morgan fingerprint density at radius 2 is 2.29 bits per heavy atom. The minimum Gasteiger partial charge on any atom is -0.290 e. The van der Waals surface area contributed by atoms with E-state index in [1.165, 1.54) is 11.8 Å². The van der Waals surface area contributed by atoms with Crippen LogP contribution in [0.15, 0.2) is 0 Å². The molecule has 1 fully saturated rings. The van der Waals surface area contributed by atoms with Crippen LogP contribution in [0.25, 0.3) is 0 Å². The molecule has 0 aliphatic carbocycles. The van der Waals surface area contributed by atoms with E-state index in [0.29, 0.717) is 5.75 Å². The number of nitrogens with one attached hydrogen (secondary N) is 1. The molecule has 0 amide bonds. The second-order valence-corrected chi connectivity index (χ2v) is 4.50. The molecular formula is C8H11F3N2S. The molecule has 0 spiro atoms. The van der Waals surface area contributed by atoms with E-state index in [-0.39, 0.29) is 5.92 Å². The van der Waals surface area contributed by atoms with Gasteiger partial charge in [0.25, 0.3) is 0 Å². The normalized spacial score (nSPS) is 32.9. The quantitative estimate of drug-likeness (QED) is 0.776. The van der Waals surface area contributed by atoms with Gasteiger partial charge in [-0.05, 0) is 11.7 Å². The number of nitriles is 1. The maximum absolute atomic E-state index is 12.0. The molecule has 1 aliphatic heterocycles. The summed E-state index contributed by atoms with van der Waals surface area (Å²) in [6.45, 7) is 0.706. The van der Waals surface area contributed by atoms with Gasteiger partial charge in [0.2, 0.25) is 0 Å². The zero-order valence-electron chi connectivity index (χ0n) is 7.69. The summed E-state index contributed by atoms with van der Waals surface area (Å²) in [5, 5.41) is 11.2. The van der Waals surface area contributed by atoms with E-state index < -0.39 is 18.3 Å². The highest BCUT2D eigenvalue weighted by molar-refractivity contribution is 7.99. The number of hydrogen-bond acceptors (Lipinski definition) is 3. The van der Waals surface area contributed by atoms with Gasteiger partial charge in [-0.15, -0.1) is 0 Å². The number of rotatable bonds is 2. The fraction of sp³-hybridized carbons (Fsp3) is 0.875. The third kappa shape index (κ3) is 2.55. The van der Waals surface area contributed by atoms with Crippen molar-refractivity contribution in [3.8, 4) is 6.07 Å². The second kappa shape index (κ2) is 3.99. The molecule has 0 aromatic heterocycles. The van der Waals surface area contributed by atoms with Crippen LogP contribution in [-0.2, 0) is 0 Å². The summed E-state index contributed by atoms with van der Waals surface area (Å²) < 4.78 is 35.9. The lowest BCUT2D eigenvalue weighted by Crippen LogP contribution is -2.52. The fourth-order valence-electron chi connectivity index (χ4n) is 1.35. The van der Waals surface area contributed by atoms with Gasteiger partial charge in [0.15, 0.2) is 0 Å². The molecule has 2 atom stereocenters. The van der Waals surface area contributed by atoms with Gasteiger partial charge in [0, 0.05) is 5.75 Å². The Hall–Kier alpha value is -0.410. The number of halogens is 3. The van der Waals surface area contributed by atoms with Crippen molar-refractivity contribution in [1.29, 1.82) is 5.26 Å². The van der Waals surface area contributed by atoms with Crippen LogP contribution in [0.5, 0.6) is 0 Å². The Balaban J connectivity index is 2.60. The summed E-state index contributed by atoms with van der Waals surface area (Å²) in [7, 11) is 0. The maximum atomic E-state index is 12.0. The highest BCUT2D eigenvalue weighted by atomic mass is 32.2. The topological polar surface area (TPSA) is 35.8 Å². The third-order valence-electron chi connectivity index (χ3n) is 2.34. The lowest BCUT2D eigenvalue weighted by atomic mass is 9.90. The van der Waals surface area contributed by atoms with E-state index in [1.54, 1.807) is 6.92 Å². The Kier molecular flexibility index (Phi) is 3.32. The lowest BCUT2D eigenvalue weighted by molar-refractivity contribution is -0.127. The van der Waals surface area contributed by atoms with Crippen molar-refractivity contribution < 1.29 is 13.2 Å². The van der Waals surface area contributed by atoms with Crippen LogP contribution >= 0.6 is 11.8 Å². The highest BCUT2D eigenvalue weighted by Crippen LogP contribution is 2.33. The summed E-state index contributed by atoms with van der Waals surface area (Å²) in [4.78, 5) is 0. The van der Waals surface area contributed by atoms with Crippen molar-refractivity contribution in [2.75, 3.05) is 18.1 Å². The van der Waals surface area contributed by atoms with Gasteiger partial charge < -0.3 is 0 Å². The predicted molar refractivity (Wildman–Crippen MR) is 48.9 cm³/mol. The Labute approximate surface area is 84.9 Å². The molecule has 1 heterocycles. The van der Waals surface area contributed by atoms with E-state index in [0.717, 1.165) is 5.75 Å². The van der Waals surface area contributed by atoms with Crippen molar-refractivity contribution in [1.82, 2.24) is 5.32 Å². The Bertz CT molecular complexity index is 248. The van der Waals surface area contributed by atoms with Gasteiger partial charge in [-0.2, -0.15) is 30.2 Å². The molecule has 1 rings (SSSR count). The van der Waals surface area contributed by atoms with Crippen LogP contribution in [0.3, 0.4) is 0 Å². The SMILES string of the molecule is CC1CSCC1(C#N)NCC(F)(F)F. The Morgan fingerprint density at radius 3 is 2.64 bits per heavy atom. The number of alkyl halides is 3. The summed E-state index contributed by atoms with van der Waals surface area (Å²) in [5.41, 5.74) is -1.000. The molecule has 0 saturated carbocycles. The standard InChI is InChI=1S/C8H11F3N2S/c1-6-2-14-5-7(6,3-12)13-4-8(9,10)11/h6,13H,2,4-5H2,1H3. The van der Waals surface area contributed by atoms with Gasteiger partial charge in [0.05, 0.1) is 12.6 Å². The van der Waals surface area contributed by atoms with Crippen molar-refractivity contribution in [2.45, 2.75) is 18.6 Å². The number of thioether (sulfide) groups is 1. The van der Waals surface area contributed by atoms with Crippen LogP contribution < -0.4 is 5.32 Å². The predicted octanol–water partition coefficient (Wildman–Crippen LogP) is 1.78. The molecule has 0 aromatic rings. The first-order valence-electron chi connectivity index (χ1n) is 4.20. The molecule has 1 aliphatic rings. The van der Waals surface area contributed by atoms with Crippen LogP contribution in [-0.4, -0.2) is 29.8 Å². The van der Waals surface area contributed by atoms with Crippen LogP contribution in [0.2, 0.25) is 0 Å². The molecule has 0 aromatic carbocycles. The molecule has 1 saturated heterocycles. The van der Waals surface area contributed by atoms with Crippen molar-refractivity contribution in [2.24, 2.45) is 5.92 Å². The number of hydrogen-bond donors (Lipinski definition) is 1. The highest BCUT2D eigenvalue weighted by Gasteiger charge is 2.43. The largest absolute Gasteiger partial charge is 0.401 e. The first-order valence-corrected chi connectivity index (χ1v) is 5.36. The molecule has 0 bridgehead atoms. The molecule has 6 heteroatoms. The molecule has 2 unspecified atom stereocenters. The van der Waals surface area contributed by atoms with Gasteiger partial charge in [0.1, 0.15) is 5.54 Å². The minimum atomic E-state index is -4.25. The van der Waals surface area contributed by atoms with Gasteiger partial charge >= 0.3 is 6.18 Å². The van der Waals surface area contributed by atoms with Crippen LogP contribution in [0.4, 0.5) is 13.2 Å². The van der Waals surface area contributed by atoms with Crippen molar-refractivity contribution in [3.05, 3.63) is 0 Å². The van der Waals surface area contributed by atoms with Crippen molar-refractivity contribution >= 4 is 11.8 Å². The average Bonchev–Trinajstić information content (AvgIpc) is 2.43. The van der Waals surface area contributed by atoms with Crippen molar-refractivity contribution in [3.63, 3.8) is 0 Å². The van der Waals surface area contributed by atoms with Crippen LogP contribution in [0.1, 0.15) is 6.92 Å². The van der Waals surface area contributed by atoms with E-state index >= 15 is 0 Å². The summed E-state index contributed by atoms with van der Waals surface area (Å²) >= 11 is 1.51. The van der Waals surface area contributed by atoms with E-state index in [1.807, 2.05) is 6.07 Å². The molecule has 2 nitrogen and oxygen atoms in total. The van der Waals surface area contributed by atoms with Gasteiger partial charge in [-0.25, -0.2) is 0 Å². The van der Waals surface area contributed by atoms with Crippen LogP contribution in [0, 0.1) is 17.2 Å². The molecule has 14 heavy (non-hydrogen) atoms. The molecule has 80 valence electrons. The average molecular weight is 224 g/mol. The lowest BCUT2D eigenvalue weighted by Gasteiger charge is -2.27. The van der Waals surface area contributed by atoms with E-state index in [2.05, 4.69) is 5.32 Å². The zero-order chi connectivity index (χ0) is 10.8. The molecule has 0 radical (unpaired) electrons. The zero-order valence-corrected chi connectivity index (χ0v) is 8.50. The monoisotopic (exact) mass is 224 g/mol. The summed E-state index contributed by atoms with van der Waals surface area (Å²) in [5.74, 6) is 1.12. The van der Waals surface area contributed by atoms with Gasteiger partial charge in [-0.3, -0.25) is 5.32 Å². The molecule has 1 N–H and O–H groups in total. The fourth-order valence-corrected chi connectivity index (χ4v) is 2.88. The van der Waals surface area contributed by atoms with E-state index in [9.17, 15) is 13.2 Å². The van der Waals surface area contributed by atoms with E-state index in [4.69, 9.17) is 5.26 Å². The smallest absolute Gasteiger partial charge is 0.290 e. The number of nitrogens with zero attached hydrogens (tertiary/aromatic N) is 1. The first-order chi connectivity index (χ1) is 6.40. The summed E-state index contributed by atoms with van der Waals surface area (Å²) in [6.07, 6.45) is -4.25. The minimum absolute atomic E-state index is 0.0418. The maximum Gasteiger partial charge on any atom is 0.401 e. The first kappa shape index (κ1) is 11.7.